The SMILES string of the molecule is CC(=O)N[C@@H]1OC(=O)C(c2ccc(C3NCCC=C3C(=O)COC(C)=O)cc2)=C1C. The smallest absolute Gasteiger partial charge is 0.341 e. The van der Waals surface area contributed by atoms with Crippen LogP contribution in [0.25, 0.3) is 5.57 Å². The van der Waals surface area contributed by atoms with Crippen LogP contribution in [-0.2, 0) is 28.7 Å². The molecule has 0 spiro atoms. The number of nitrogens with one attached hydrogen (secondary N) is 2. The van der Waals surface area contributed by atoms with Crippen molar-refractivity contribution in [2.45, 2.75) is 39.5 Å². The van der Waals surface area contributed by atoms with Crippen molar-refractivity contribution < 1.29 is 28.7 Å². The normalized spacial score (nSPS) is 21.0. The standard InChI is InChI=1S/C22H24N2O6/c1-12-19(22(28)30-21(12)24-13(2)25)15-6-8-16(9-7-15)20-17(5-4-10-23-20)18(27)11-29-14(3)26/h5-9,20-21,23H,4,10-11H2,1-3H3,(H,24,25)/t20?,21-/m1/s1. The number of ether oxygens (including phenoxy) is 2. The lowest BCUT2D eigenvalue weighted by atomic mass is 9.90. The van der Waals surface area contributed by atoms with E-state index < -0.39 is 18.2 Å². The average Bonchev–Trinajstić information content (AvgIpc) is 2.98. The molecular weight excluding hydrogens is 388 g/mol. The maximum atomic E-state index is 12.5. The minimum atomic E-state index is -0.766. The van der Waals surface area contributed by atoms with E-state index in [4.69, 9.17) is 9.47 Å². The number of esters is 2. The largest absolute Gasteiger partial charge is 0.457 e. The molecule has 0 radical (unpaired) electrons. The van der Waals surface area contributed by atoms with E-state index in [1.807, 2.05) is 18.2 Å². The molecule has 2 heterocycles. The lowest BCUT2D eigenvalue weighted by molar-refractivity contribution is -0.145. The highest BCUT2D eigenvalue weighted by Gasteiger charge is 2.33. The second kappa shape index (κ2) is 9.04. The predicted molar refractivity (Wildman–Crippen MR) is 108 cm³/mol. The number of hydrogen-bond donors (Lipinski definition) is 2. The minimum Gasteiger partial charge on any atom is -0.457 e. The highest BCUT2D eigenvalue weighted by molar-refractivity contribution is 6.19. The first kappa shape index (κ1) is 21.4. The summed E-state index contributed by atoms with van der Waals surface area (Å²) in [5.41, 5.74) is 3.12. The second-order valence-corrected chi connectivity index (χ2v) is 7.20. The Hall–Kier alpha value is -3.26. The van der Waals surface area contributed by atoms with Gasteiger partial charge < -0.3 is 20.1 Å². The first-order chi connectivity index (χ1) is 14.3. The topological polar surface area (TPSA) is 111 Å². The zero-order valence-electron chi connectivity index (χ0n) is 17.1. The zero-order chi connectivity index (χ0) is 21.8. The van der Waals surface area contributed by atoms with Gasteiger partial charge in [0.1, 0.15) is 0 Å². The van der Waals surface area contributed by atoms with Crippen molar-refractivity contribution in [3.05, 3.63) is 52.6 Å². The van der Waals surface area contributed by atoms with Gasteiger partial charge in [-0.2, -0.15) is 0 Å². The zero-order valence-corrected chi connectivity index (χ0v) is 17.1. The Bertz CT molecular complexity index is 945. The maximum Gasteiger partial charge on any atom is 0.341 e. The summed E-state index contributed by atoms with van der Waals surface area (Å²) < 4.78 is 10.1. The van der Waals surface area contributed by atoms with Crippen molar-refractivity contribution in [1.82, 2.24) is 10.6 Å². The summed E-state index contributed by atoms with van der Waals surface area (Å²) in [6, 6.07) is 6.93. The summed E-state index contributed by atoms with van der Waals surface area (Å²) in [6.07, 6.45) is 1.80. The molecule has 1 amide bonds. The van der Waals surface area contributed by atoms with Gasteiger partial charge in [-0.1, -0.05) is 30.3 Å². The van der Waals surface area contributed by atoms with Crippen LogP contribution in [0.4, 0.5) is 0 Å². The molecule has 8 nitrogen and oxygen atoms in total. The van der Waals surface area contributed by atoms with Crippen LogP contribution in [0.2, 0.25) is 0 Å². The summed E-state index contributed by atoms with van der Waals surface area (Å²) in [4.78, 5) is 47.1. The van der Waals surface area contributed by atoms with E-state index in [0.717, 1.165) is 5.56 Å². The third-order valence-corrected chi connectivity index (χ3v) is 4.98. The van der Waals surface area contributed by atoms with Gasteiger partial charge >= 0.3 is 11.9 Å². The summed E-state index contributed by atoms with van der Waals surface area (Å²) in [6.45, 7) is 4.79. The molecular formula is C22H24N2O6. The fourth-order valence-corrected chi connectivity index (χ4v) is 3.56. The summed E-state index contributed by atoms with van der Waals surface area (Å²) in [5.74, 6) is -1.53. The Morgan fingerprint density at radius 1 is 1.20 bits per heavy atom. The van der Waals surface area contributed by atoms with Gasteiger partial charge in [0, 0.05) is 25.0 Å². The van der Waals surface area contributed by atoms with Gasteiger partial charge in [-0.3, -0.25) is 14.4 Å². The van der Waals surface area contributed by atoms with E-state index in [1.54, 1.807) is 19.1 Å². The quantitative estimate of drug-likeness (QED) is 0.683. The minimum absolute atomic E-state index is 0.248. The summed E-state index contributed by atoms with van der Waals surface area (Å²) in [7, 11) is 0. The first-order valence-electron chi connectivity index (χ1n) is 9.67. The monoisotopic (exact) mass is 412 g/mol. The number of Topliss-reactive ketones (excluding diaryl/α,β-unsaturated/α-hetero) is 1. The third kappa shape index (κ3) is 4.65. The van der Waals surface area contributed by atoms with E-state index in [1.165, 1.54) is 13.8 Å². The van der Waals surface area contributed by atoms with Gasteiger partial charge in [0.05, 0.1) is 11.6 Å². The molecule has 30 heavy (non-hydrogen) atoms. The summed E-state index contributed by atoms with van der Waals surface area (Å²) in [5, 5.41) is 5.90. The van der Waals surface area contributed by atoms with Crippen molar-refractivity contribution in [1.29, 1.82) is 0 Å². The molecule has 0 bridgehead atoms. The van der Waals surface area contributed by atoms with E-state index in [-0.39, 0.29) is 24.3 Å². The van der Waals surface area contributed by atoms with E-state index in [0.29, 0.717) is 35.2 Å². The van der Waals surface area contributed by atoms with Crippen LogP contribution < -0.4 is 10.6 Å². The van der Waals surface area contributed by atoms with Gasteiger partial charge in [0.2, 0.25) is 5.91 Å². The van der Waals surface area contributed by atoms with Crippen LogP contribution in [-0.4, -0.2) is 43.0 Å². The van der Waals surface area contributed by atoms with Crippen LogP contribution in [0.5, 0.6) is 0 Å². The van der Waals surface area contributed by atoms with Crippen LogP contribution in [0, 0.1) is 0 Å². The number of carbonyl (C=O) groups excluding carboxylic acids is 4. The molecule has 0 aromatic heterocycles. The number of carbonyl (C=O) groups is 4. The maximum absolute atomic E-state index is 12.5. The number of benzene rings is 1. The highest BCUT2D eigenvalue weighted by Crippen LogP contribution is 2.32. The van der Waals surface area contributed by atoms with Gasteiger partial charge in [0.15, 0.2) is 18.6 Å². The summed E-state index contributed by atoms with van der Waals surface area (Å²) >= 11 is 0. The molecule has 0 saturated heterocycles. The number of hydrogen-bond acceptors (Lipinski definition) is 7. The third-order valence-electron chi connectivity index (χ3n) is 4.98. The predicted octanol–water partition coefficient (Wildman–Crippen LogP) is 1.57. The molecule has 1 aromatic rings. The van der Waals surface area contributed by atoms with Gasteiger partial charge in [0.25, 0.3) is 0 Å². The fourth-order valence-electron chi connectivity index (χ4n) is 3.56. The number of rotatable bonds is 6. The Morgan fingerprint density at radius 3 is 2.53 bits per heavy atom. The van der Waals surface area contributed by atoms with Crippen molar-refractivity contribution >= 4 is 29.2 Å². The average molecular weight is 412 g/mol. The molecule has 8 heteroatoms. The molecule has 1 unspecified atom stereocenters. The lowest BCUT2D eigenvalue weighted by Crippen LogP contribution is -2.34. The molecule has 2 aliphatic rings. The second-order valence-electron chi connectivity index (χ2n) is 7.20. The molecule has 0 saturated carbocycles. The van der Waals surface area contributed by atoms with E-state index >= 15 is 0 Å². The van der Waals surface area contributed by atoms with Crippen molar-refractivity contribution in [3.8, 4) is 0 Å². The van der Waals surface area contributed by atoms with Crippen molar-refractivity contribution in [2.24, 2.45) is 0 Å². The van der Waals surface area contributed by atoms with E-state index in [9.17, 15) is 19.2 Å². The molecule has 1 aromatic carbocycles. The van der Waals surface area contributed by atoms with E-state index in [2.05, 4.69) is 10.6 Å². The van der Waals surface area contributed by atoms with Crippen LogP contribution in [0.3, 0.4) is 0 Å². The first-order valence-corrected chi connectivity index (χ1v) is 9.67. The number of ketones is 1. The van der Waals surface area contributed by atoms with Crippen LogP contribution in [0.15, 0.2) is 41.5 Å². The lowest BCUT2D eigenvalue weighted by Gasteiger charge is -2.25. The number of cyclic esters (lactones) is 1. The molecule has 3 rings (SSSR count). The fraction of sp³-hybridized carbons (Fsp3) is 0.364. The molecule has 0 fully saturated rings. The Balaban J connectivity index is 1.81. The highest BCUT2D eigenvalue weighted by atomic mass is 16.6. The molecule has 0 aliphatic carbocycles. The van der Waals surface area contributed by atoms with Gasteiger partial charge in [-0.05, 0) is 31.0 Å². The molecule has 2 atom stereocenters. The van der Waals surface area contributed by atoms with Crippen LogP contribution >= 0.6 is 0 Å². The van der Waals surface area contributed by atoms with Gasteiger partial charge in [-0.25, -0.2) is 4.79 Å². The molecule has 2 aliphatic heterocycles. The number of amides is 1. The molecule has 158 valence electrons. The van der Waals surface area contributed by atoms with Crippen molar-refractivity contribution in [2.75, 3.05) is 13.2 Å². The van der Waals surface area contributed by atoms with Crippen molar-refractivity contribution in [3.63, 3.8) is 0 Å². The van der Waals surface area contributed by atoms with Crippen LogP contribution in [0.1, 0.15) is 44.4 Å². The Labute approximate surface area is 174 Å². The van der Waals surface area contributed by atoms with Gasteiger partial charge in [-0.15, -0.1) is 0 Å². The Kier molecular flexibility index (Phi) is 6.47. The molecule has 2 N–H and O–H groups in total. The Morgan fingerprint density at radius 2 is 1.90 bits per heavy atom.